The molecule has 0 spiro atoms. The van der Waals surface area contributed by atoms with Crippen LogP contribution in [-0.4, -0.2) is 50.1 Å². The summed E-state index contributed by atoms with van der Waals surface area (Å²) < 4.78 is 30.2. The van der Waals surface area contributed by atoms with Crippen LogP contribution in [0.5, 0.6) is 5.75 Å². The number of nitrogens with zero attached hydrogens (tertiary/aromatic N) is 2. The zero-order valence-electron chi connectivity index (χ0n) is 14.9. The number of benzene rings is 1. The predicted molar refractivity (Wildman–Crippen MR) is 99.2 cm³/mol. The lowest BCUT2D eigenvalue weighted by Gasteiger charge is -2.19. The van der Waals surface area contributed by atoms with Crippen LogP contribution in [-0.2, 0) is 27.8 Å². The Labute approximate surface area is 154 Å². The van der Waals surface area contributed by atoms with E-state index in [9.17, 15) is 13.2 Å². The van der Waals surface area contributed by atoms with Crippen LogP contribution < -0.4 is 10.1 Å². The second kappa shape index (κ2) is 9.30. The van der Waals surface area contributed by atoms with Crippen molar-refractivity contribution >= 4 is 15.9 Å². The molecule has 1 N–H and O–H groups in total. The molecule has 2 aromatic rings. The van der Waals surface area contributed by atoms with Crippen molar-refractivity contribution in [2.75, 3.05) is 26.5 Å². The van der Waals surface area contributed by atoms with Gasteiger partial charge < -0.3 is 10.1 Å². The lowest BCUT2D eigenvalue weighted by Crippen LogP contribution is -2.41. The van der Waals surface area contributed by atoms with Crippen LogP contribution in [0, 0.1) is 0 Å². The Morgan fingerprint density at radius 3 is 2.35 bits per heavy atom. The van der Waals surface area contributed by atoms with Crippen molar-refractivity contribution < 1.29 is 17.9 Å². The van der Waals surface area contributed by atoms with Crippen molar-refractivity contribution in [3.8, 4) is 5.75 Å². The van der Waals surface area contributed by atoms with Gasteiger partial charge >= 0.3 is 0 Å². The Bertz CT molecular complexity index is 808. The summed E-state index contributed by atoms with van der Waals surface area (Å²) in [7, 11) is -1.90. The quantitative estimate of drug-likeness (QED) is 0.710. The van der Waals surface area contributed by atoms with Gasteiger partial charge in [-0.15, -0.1) is 0 Å². The largest absolute Gasteiger partial charge is 0.497 e. The van der Waals surface area contributed by atoms with E-state index in [0.717, 1.165) is 23.1 Å². The number of ether oxygens (including phenoxy) is 1. The van der Waals surface area contributed by atoms with E-state index in [-0.39, 0.29) is 19.0 Å². The molecule has 0 aliphatic rings. The molecule has 8 heteroatoms. The van der Waals surface area contributed by atoms with Crippen LogP contribution in [0.25, 0.3) is 0 Å². The number of rotatable bonds is 9. The average molecular weight is 377 g/mol. The molecular formula is C18H23N3O4S. The van der Waals surface area contributed by atoms with Gasteiger partial charge in [-0.25, -0.2) is 8.42 Å². The van der Waals surface area contributed by atoms with Gasteiger partial charge in [0.2, 0.25) is 15.9 Å². The fraction of sp³-hybridized carbons (Fsp3) is 0.333. The smallest absolute Gasteiger partial charge is 0.235 e. The molecule has 0 radical (unpaired) electrons. The molecule has 0 aliphatic carbocycles. The normalized spacial score (nSPS) is 11.3. The number of pyridine rings is 1. The van der Waals surface area contributed by atoms with Crippen LogP contribution in [0.1, 0.15) is 11.1 Å². The Morgan fingerprint density at radius 1 is 1.12 bits per heavy atom. The van der Waals surface area contributed by atoms with E-state index in [1.165, 1.54) is 4.31 Å². The fourth-order valence-corrected chi connectivity index (χ4v) is 3.10. The summed E-state index contributed by atoms with van der Waals surface area (Å²) in [5.74, 6) is 0.395. The number of hydrogen-bond acceptors (Lipinski definition) is 5. The number of methoxy groups -OCH3 is 1. The molecule has 1 amide bonds. The SMILES string of the molecule is COc1ccc(CCN(CC(=O)NCc2ccncc2)S(C)(=O)=O)cc1. The summed E-state index contributed by atoms with van der Waals surface area (Å²) in [6.45, 7) is 0.353. The number of nitrogens with one attached hydrogen (secondary N) is 1. The molecule has 2 rings (SSSR count). The zero-order chi connectivity index (χ0) is 19.0. The second-order valence-corrected chi connectivity index (χ2v) is 7.81. The summed E-state index contributed by atoms with van der Waals surface area (Å²) in [4.78, 5) is 16.0. The first kappa shape index (κ1) is 19.9. The number of hydrogen-bond donors (Lipinski definition) is 1. The van der Waals surface area contributed by atoms with Crippen molar-refractivity contribution in [3.63, 3.8) is 0 Å². The molecule has 1 heterocycles. The standard InChI is InChI=1S/C18H23N3O4S/c1-25-17-5-3-15(4-6-17)9-12-21(26(2,23)24)14-18(22)20-13-16-7-10-19-11-8-16/h3-8,10-11H,9,12-14H2,1-2H3,(H,20,22). The summed E-state index contributed by atoms with van der Waals surface area (Å²) >= 11 is 0. The molecule has 1 aromatic heterocycles. The third kappa shape index (κ3) is 6.45. The van der Waals surface area contributed by atoms with Crippen LogP contribution in [0.2, 0.25) is 0 Å². The zero-order valence-corrected chi connectivity index (χ0v) is 15.7. The minimum absolute atomic E-state index is 0.208. The minimum Gasteiger partial charge on any atom is -0.497 e. The van der Waals surface area contributed by atoms with Gasteiger partial charge in [0.1, 0.15) is 5.75 Å². The Morgan fingerprint density at radius 2 is 1.77 bits per heavy atom. The molecule has 0 atom stereocenters. The molecule has 1 aromatic carbocycles. The van der Waals surface area contributed by atoms with Crippen LogP contribution in [0.3, 0.4) is 0 Å². The van der Waals surface area contributed by atoms with E-state index in [0.29, 0.717) is 13.0 Å². The Balaban J connectivity index is 1.90. The summed E-state index contributed by atoms with van der Waals surface area (Å²) in [5.41, 5.74) is 1.87. The summed E-state index contributed by atoms with van der Waals surface area (Å²) in [5, 5.41) is 2.73. The van der Waals surface area contributed by atoms with Gasteiger partial charge in [0.25, 0.3) is 0 Å². The molecule has 0 unspecified atom stereocenters. The number of amides is 1. The first-order valence-electron chi connectivity index (χ1n) is 8.12. The van der Waals surface area contributed by atoms with Gasteiger partial charge in [-0.05, 0) is 41.8 Å². The van der Waals surface area contributed by atoms with Gasteiger partial charge in [0.05, 0.1) is 19.9 Å². The molecule has 0 bridgehead atoms. The molecule has 26 heavy (non-hydrogen) atoms. The Kier molecular flexibility index (Phi) is 7.11. The van der Waals surface area contributed by atoms with Gasteiger partial charge in [-0.2, -0.15) is 4.31 Å². The van der Waals surface area contributed by atoms with Crippen LogP contribution in [0.4, 0.5) is 0 Å². The number of aromatic nitrogens is 1. The maximum Gasteiger partial charge on any atom is 0.235 e. The molecule has 0 saturated carbocycles. The molecule has 0 fully saturated rings. The first-order chi connectivity index (χ1) is 12.4. The van der Waals surface area contributed by atoms with Crippen LogP contribution in [0.15, 0.2) is 48.8 Å². The lowest BCUT2D eigenvalue weighted by atomic mass is 10.1. The van der Waals surface area contributed by atoms with Gasteiger partial charge in [-0.1, -0.05) is 12.1 Å². The molecule has 0 aliphatic heterocycles. The monoisotopic (exact) mass is 377 g/mol. The van der Waals surface area contributed by atoms with E-state index >= 15 is 0 Å². The van der Waals surface area contributed by atoms with Crippen molar-refractivity contribution in [2.45, 2.75) is 13.0 Å². The fourth-order valence-electron chi connectivity index (χ4n) is 2.33. The topological polar surface area (TPSA) is 88.6 Å². The summed E-state index contributed by atoms with van der Waals surface area (Å²) in [6.07, 6.45) is 4.89. The molecular weight excluding hydrogens is 354 g/mol. The summed E-state index contributed by atoms with van der Waals surface area (Å²) in [6, 6.07) is 11.0. The highest BCUT2D eigenvalue weighted by Crippen LogP contribution is 2.12. The lowest BCUT2D eigenvalue weighted by molar-refractivity contribution is -0.121. The highest BCUT2D eigenvalue weighted by molar-refractivity contribution is 7.88. The molecule has 7 nitrogen and oxygen atoms in total. The van der Waals surface area contributed by atoms with Gasteiger partial charge in [0.15, 0.2) is 0 Å². The van der Waals surface area contributed by atoms with E-state index in [4.69, 9.17) is 4.74 Å². The van der Waals surface area contributed by atoms with Crippen molar-refractivity contribution in [3.05, 3.63) is 59.9 Å². The number of carbonyl (C=O) groups excluding carboxylic acids is 1. The minimum atomic E-state index is -3.49. The maximum absolute atomic E-state index is 12.1. The first-order valence-corrected chi connectivity index (χ1v) is 9.97. The maximum atomic E-state index is 12.1. The highest BCUT2D eigenvalue weighted by atomic mass is 32.2. The van der Waals surface area contributed by atoms with E-state index < -0.39 is 10.0 Å². The van der Waals surface area contributed by atoms with Crippen LogP contribution >= 0.6 is 0 Å². The average Bonchev–Trinajstić information content (AvgIpc) is 2.63. The third-order valence-electron chi connectivity index (χ3n) is 3.84. The highest BCUT2D eigenvalue weighted by Gasteiger charge is 2.19. The van der Waals surface area contributed by atoms with Crippen molar-refractivity contribution in [1.29, 1.82) is 0 Å². The van der Waals surface area contributed by atoms with E-state index in [1.54, 1.807) is 31.6 Å². The number of carbonyl (C=O) groups is 1. The van der Waals surface area contributed by atoms with Gasteiger partial charge in [0, 0.05) is 25.5 Å². The second-order valence-electron chi connectivity index (χ2n) is 5.83. The predicted octanol–water partition coefficient (Wildman–Crippen LogP) is 1.21. The number of sulfonamides is 1. The Hall–Kier alpha value is -2.45. The molecule has 140 valence electrons. The van der Waals surface area contributed by atoms with E-state index in [2.05, 4.69) is 10.3 Å². The molecule has 0 saturated heterocycles. The van der Waals surface area contributed by atoms with E-state index in [1.807, 2.05) is 24.3 Å². The van der Waals surface area contributed by atoms with Crippen molar-refractivity contribution in [1.82, 2.24) is 14.6 Å². The third-order valence-corrected chi connectivity index (χ3v) is 5.09. The van der Waals surface area contributed by atoms with Crippen molar-refractivity contribution in [2.24, 2.45) is 0 Å². The van der Waals surface area contributed by atoms with Gasteiger partial charge in [-0.3, -0.25) is 9.78 Å².